The highest BCUT2D eigenvalue weighted by Gasteiger charge is 2.18. The van der Waals surface area contributed by atoms with Gasteiger partial charge in [0.15, 0.2) is 22.1 Å². The fourth-order valence-corrected chi connectivity index (χ4v) is 4.86. The molecule has 0 saturated heterocycles. The summed E-state index contributed by atoms with van der Waals surface area (Å²) in [7, 11) is 0. The third kappa shape index (κ3) is 3.77. The normalized spacial score (nSPS) is 11.4. The number of para-hydroxylation sites is 6. The molecular weight excluding hydrogens is 416 g/mol. The molecule has 0 spiro atoms. The summed E-state index contributed by atoms with van der Waals surface area (Å²) in [4.78, 5) is 0. The molecule has 6 rings (SSSR count). The average molecular weight is 445 g/mol. The minimum Gasteiger partial charge on any atom is -0.229 e. The van der Waals surface area contributed by atoms with E-state index in [1.54, 1.807) is 0 Å². The first-order chi connectivity index (χ1) is 16.9. The van der Waals surface area contributed by atoms with E-state index in [2.05, 4.69) is 140 Å². The van der Waals surface area contributed by atoms with E-state index in [0.29, 0.717) is 0 Å². The molecule has 0 amide bonds. The van der Waals surface area contributed by atoms with Crippen molar-refractivity contribution in [1.82, 2.24) is 9.13 Å². The van der Waals surface area contributed by atoms with Crippen LogP contribution in [-0.2, 0) is 13.1 Å². The van der Waals surface area contributed by atoms with Gasteiger partial charge in [0.2, 0.25) is 12.7 Å². The molecule has 166 valence electrons. The second-order valence-electron chi connectivity index (χ2n) is 8.71. The Morgan fingerprint density at radius 3 is 1.26 bits per heavy atom. The molecule has 0 radical (unpaired) electrons. The molecular formula is C30H28N4+2. The highest BCUT2D eigenvalue weighted by molar-refractivity contribution is 5.74. The zero-order valence-corrected chi connectivity index (χ0v) is 19.2. The van der Waals surface area contributed by atoms with E-state index in [4.69, 9.17) is 0 Å². The maximum atomic E-state index is 2.39. The van der Waals surface area contributed by atoms with E-state index in [1.165, 1.54) is 33.4 Å². The number of imidazole rings is 2. The summed E-state index contributed by atoms with van der Waals surface area (Å²) in [6.45, 7) is 2.00. The molecule has 0 aliphatic carbocycles. The van der Waals surface area contributed by atoms with Gasteiger partial charge >= 0.3 is 0 Å². The fraction of sp³-hybridized carbons (Fsp3) is 0.133. The lowest BCUT2D eigenvalue weighted by atomic mass is 10.2. The monoisotopic (exact) mass is 444 g/mol. The molecule has 0 aliphatic heterocycles. The molecule has 0 unspecified atom stereocenters. The minimum absolute atomic E-state index is 0.998. The van der Waals surface area contributed by atoms with E-state index >= 15 is 0 Å². The molecule has 0 N–H and O–H groups in total. The average Bonchev–Trinajstić information content (AvgIpc) is 3.47. The van der Waals surface area contributed by atoms with Crippen molar-refractivity contribution < 1.29 is 9.13 Å². The van der Waals surface area contributed by atoms with Crippen molar-refractivity contribution in [1.29, 1.82) is 0 Å². The van der Waals surface area contributed by atoms with Crippen molar-refractivity contribution >= 4 is 22.1 Å². The van der Waals surface area contributed by atoms with E-state index in [-0.39, 0.29) is 0 Å². The molecule has 4 nitrogen and oxygen atoms in total. The number of aromatic nitrogens is 4. The summed E-state index contributed by atoms with van der Waals surface area (Å²) in [6, 6.07) is 38.5. The number of hydrogen-bond acceptors (Lipinski definition) is 0. The zero-order valence-electron chi connectivity index (χ0n) is 19.2. The van der Waals surface area contributed by atoms with Crippen LogP contribution in [0.1, 0.15) is 12.8 Å². The van der Waals surface area contributed by atoms with Gasteiger partial charge in [0, 0.05) is 0 Å². The zero-order chi connectivity index (χ0) is 22.7. The van der Waals surface area contributed by atoms with Crippen molar-refractivity contribution in [3.05, 3.63) is 122 Å². The van der Waals surface area contributed by atoms with E-state index in [1.807, 2.05) is 0 Å². The van der Waals surface area contributed by atoms with Crippen molar-refractivity contribution in [3.63, 3.8) is 0 Å². The van der Waals surface area contributed by atoms with Crippen LogP contribution >= 0.6 is 0 Å². The minimum atomic E-state index is 0.998. The van der Waals surface area contributed by atoms with Gasteiger partial charge in [-0.3, -0.25) is 0 Å². The van der Waals surface area contributed by atoms with E-state index in [0.717, 1.165) is 25.9 Å². The highest BCUT2D eigenvalue weighted by Crippen LogP contribution is 2.18. The van der Waals surface area contributed by atoms with Crippen molar-refractivity contribution in [2.45, 2.75) is 25.9 Å². The summed E-state index contributed by atoms with van der Waals surface area (Å²) >= 11 is 0. The van der Waals surface area contributed by atoms with Gasteiger partial charge in [-0.25, -0.2) is 9.13 Å². The lowest BCUT2D eigenvalue weighted by Crippen LogP contribution is -2.35. The van der Waals surface area contributed by atoms with Crippen molar-refractivity contribution in [2.75, 3.05) is 0 Å². The topological polar surface area (TPSA) is 17.6 Å². The fourth-order valence-electron chi connectivity index (χ4n) is 4.86. The number of benzene rings is 4. The van der Waals surface area contributed by atoms with Crippen LogP contribution in [0.5, 0.6) is 0 Å². The summed E-state index contributed by atoms with van der Waals surface area (Å²) in [6.07, 6.45) is 6.72. The maximum absolute atomic E-state index is 2.39. The van der Waals surface area contributed by atoms with Crippen LogP contribution < -0.4 is 9.13 Å². The van der Waals surface area contributed by atoms with Crippen LogP contribution in [0.15, 0.2) is 122 Å². The number of aryl methyl sites for hydroxylation is 2. The Morgan fingerprint density at radius 1 is 0.441 bits per heavy atom. The molecule has 0 saturated carbocycles. The number of fused-ring (bicyclic) bond motifs is 2. The van der Waals surface area contributed by atoms with E-state index in [9.17, 15) is 0 Å². The standard InChI is InChI=1S/C30H28N4/c1-3-13-25(14-4-1)33-23-31(27-17-7-9-19-29(27)33)21-11-12-22-32-24-34(26-15-5-2-6-16-26)30-20-10-8-18-28(30)32/h1-10,13-20,23-24H,11-12,21-22H2/q+2. The van der Waals surface area contributed by atoms with Crippen LogP contribution in [0.3, 0.4) is 0 Å². The number of unbranched alkanes of at least 4 members (excludes halogenated alkanes) is 1. The first kappa shape index (κ1) is 20.4. The number of rotatable bonds is 7. The van der Waals surface area contributed by atoms with Gasteiger partial charge in [-0.1, -0.05) is 60.7 Å². The van der Waals surface area contributed by atoms with Crippen molar-refractivity contribution in [3.8, 4) is 11.4 Å². The lowest BCUT2D eigenvalue weighted by Gasteiger charge is -1.99. The molecule has 2 aromatic heterocycles. The van der Waals surface area contributed by atoms with Crippen molar-refractivity contribution in [2.24, 2.45) is 0 Å². The Kier molecular flexibility index (Phi) is 5.40. The molecule has 4 heteroatoms. The van der Waals surface area contributed by atoms with Gasteiger partial charge in [0.1, 0.15) is 11.4 Å². The molecule has 0 atom stereocenters. The molecule has 34 heavy (non-hydrogen) atoms. The van der Waals surface area contributed by atoms with Gasteiger partial charge < -0.3 is 0 Å². The second kappa shape index (κ2) is 8.99. The van der Waals surface area contributed by atoms with Gasteiger partial charge in [-0.15, -0.1) is 0 Å². The van der Waals surface area contributed by atoms with Crippen LogP contribution in [-0.4, -0.2) is 9.13 Å². The molecule has 2 heterocycles. The highest BCUT2D eigenvalue weighted by atomic mass is 15.1. The molecule has 0 fully saturated rings. The third-order valence-electron chi connectivity index (χ3n) is 6.53. The van der Waals surface area contributed by atoms with Crippen LogP contribution in [0.2, 0.25) is 0 Å². The number of nitrogens with zero attached hydrogens (tertiary/aromatic N) is 4. The lowest BCUT2D eigenvalue weighted by molar-refractivity contribution is -0.683. The van der Waals surface area contributed by atoms with Crippen LogP contribution in [0, 0.1) is 0 Å². The van der Waals surface area contributed by atoms with E-state index < -0.39 is 0 Å². The Labute approximate surface area is 199 Å². The van der Waals surface area contributed by atoms with Gasteiger partial charge in [-0.2, -0.15) is 9.13 Å². The predicted octanol–water partition coefficient (Wildman–Crippen LogP) is 5.63. The SMILES string of the molecule is c1ccc(-n2c[n+](CCCC[n+]3cn(-c4ccccc4)c4ccccc43)c3ccccc32)cc1. The molecule has 0 bridgehead atoms. The number of hydrogen-bond donors (Lipinski definition) is 0. The molecule has 0 aliphatic rings. The Balaban J connectivity index is 1.22. The maximum Gasteiger partial charge on any atom is 0.249 e. The summed E-state index contributed by atoms with van der Waals surface area (Å²) in [5.41, 5.74) is 7.44. The van der Waals surface area contributed by atoms with Gasteiger partial charge in [0.05, 0.1) is 13.1 Å². The molecule has 4 aromatic carbocycles. The van der Waals surface area contributed by atoms with Crippen LogP contribution in [0.25, 0.3) is 33.4 Å². The third-order valence-corrected chi connectivity index (χ3v) is 6.53. The largest absolute Gasteiger partial charge is 0.249 e. The predicted molar refractivity (Wildman–Crippen MR) is 136 cm³/mol. The molecule has 6 aromatic rings. The summed E-state index contributed by atoms with van der Waals surface area (Å²) in [5.74, 6) is 0. The smallest absolute Gasteiger partial charge is 0.229 e. The second-order valence-corrected chi connectivity index (χ2v) is 8.71. The van der Waals surface area contributed by atoms with Gasteiger partial charge in [0.25, 0.3) is 0 Å². The van der Waals surface area contributed by atoms with Gasteiger partial charge in [-0.05, 0) is 61.4 Å². The Morgan fingerprint density at radius 2 is 0.824 bits per heavy atom. The van der Waals surface area contributed by atoms with Crippen LogP contribution in [0.4, 0.5) is 0 Å². The summed E-state index contributed by atoms with van der Waals surface area (Å²) in [5, 5.41) is 0. The summed E-state index contributed by atoms with van der Waals surface area (Å²) < 4.78 is 9.36. The quantitative estimate of drug-likeness (QED) is 0.224. The Bertz CT molecular complexity index is 1430. The Hall–Kier alpha value is -4.18. The first-order valence-electron chi connectivity index (χ1n) is 12.0. The first-order valence-corrected chi connectivity index (χ1v) is 12.0.